The highest BCUT2D eigenvalue weighted by Crippen LogP contribution is 2.32. The minimum absolute atomic E-state index is 0.0846. The van der Waals surface area contributed by atoms with Gasteiger partial charge in [0.05, 0.1) is 6.04 Å². The van der Waals surface area contributed by atoms with Crippen molar-refractivity contribution in [2.24, 2.45) is 0 Å². The lowest BCUT2D eigenvalue weighted by Crippen LogP contribution is -2.20. The van der Waals surface area contributed by atoms with Crippen LogP contribution in [0, 0.1) is 0 Å². The topological polar surface area (TPSA) is 29.1 Å². The van der Waals surface area contributed by atoms with Crippen LogP contribution in [0.15, 0.2) is 30.3 Å². The smallest absolute Gasteiger partial charge is 0.279 e. The van der Waals surface area contributed by atoms with Gasteiger partial charge in [0.1, 0.15) is 0 Å². The maximum absolute atomic E-state index is 11.1. The van der Waals surface area contributed by atoms with Crippen LogP contribution < -0.4 is 5.32 Å². The van der Waals surface area contributed by atoms with Gasteiger partial charge in [-0.2, -0.15) is 0 Å². The van der Waals surface area contributed by atoms with Crippen LogP contribution in [-0.4, -0.2) is 10.5 Å². The maximum Gasteiger partial charge on any atom is 0.279 e. The number of hydrogen-bond acceptors (Lipinski definition) is 2. The third kappa shape index (κ3) is 1.70. The average Bonchev–Trinajstić information content (AvgIpc) is 2.47. The molecule has 2 nitrogen and oxygen atoms in total. The molecule has 2 rings (SSSR count). The molecule has 1 saturated heterocycles. The normalized spacial score (nSPS) is 27.3. The summed E-state index contributed by atoms with van der Waals surface area (Å²) in [6, 6.07) is 10.3. The van der Waals surface area contributed by atoms with Gasteiger partial charge in [-0.15, -0.1) is 0 Å². The Hall–Kier alpha value is -0.960. The SMILES string of the molecule is CC1SC(=O)NC1c1ccccc1. The second-order valence-electron chi connectivity index (χ2n) is 3.14. The first kappa shape index (κ1) is 8.63. The van der Waals surface area contributed by atoms with Gasteiger partial charge in [-0.25, -0.2) is 0 Å². The highest BCUT2D eigenvalue weighted by Gasteiger charge is 2.30. The summed E-state index contributed by atoms with van der Waals surface area (Å²) in [6.45, 7) is 2.07. The van der Waals surface area contributed by atoms with Crippen molar-refractivity contribution in [3.05, 3.63) is 35.9 Å². The van der Waals surface area contributed by atoms with Crippen LogP contribution in [0.4, 0.5) is 4.79 Å². The summed E-state index contributed by atoms with van der Waals surface area (Å²) in [5.41, 5.74) is 1.19. The quantitative estimate of drug-likeness (QED) is 0.742. The zero-order chi connectivity index (χ0) is 9.26. The Morgan fingerprint density at radius 3 is 2.54 bits per heavy atom. The van der Waals surface area contributed by atoms with Gasteiger partial charge in [0.15, 0.2) is 0 Å². The van der Waals surface area contributed by atoms with E-state index < -0.39 is 0 Å². The van der Waals surface area contributed by atoms with E-state index in [0.29, 0.717) is 5.25 Å². The van der Waals surface area contributed by atoms with E-state index in [1.807, 2.05) is 30.3 Å². The number of amides is 1. The molecule has 0 bridgehead atoms. The van der Waals surface area contributed by atoms with E-state index in [1.165, 1.54) is 17.3 Å². The van der Waals surface area contributed by atoms with Gasteiger partial charge in [-0.05, 0) is 5.56 Å². The van der Waals surface area contributed by atoms with E-state index in [4.69, 9.17) is 0 Å². The molecule has 0 radical (unpaired) electrons. The summed E-state index contributed by atoms with van der Waals surface area (Å²) in [5.74, 6) is 0. The van der Waals surface area contributed by atoms with Crippen LogP contribution in [0.5, 0.6) is 0 Å². The van der Waals surface area contributed by atoms with Crippen molar-refractivity contribution in [1.82, 2.24) is 5.32 Å². The molecular formula is C10H11NOS. The van der Waals surface area contributed by atoms with E-state index >= 15 is 0 Å². The van der Waals surface area contributed by atoms with Gasteiger partial charge in [-0.3, -0.25) is 4.79 Å². The first-order valence-corrected chi connectivity index (χ1v) is 5.17. The molecule has 1 N–H and O–H groups in total. The second-order valence-corrected chi connectivity index (χ2v) is 4.49. The van der Waals surface area contributed by atoms with Gasteiger partial charge < -0.3 is 5.32 Å². The standard InChI is InChI=1S/C10H11NOS/c1-7-9(11-10(12)13-7)8-5-3-2-4-6-8/h2-7,9H,1H3,(H,11,12). The van der Waals surface area contributed by atoms with E-state index in [0.717, 1.165) is 0 Å². The largest absolute Gasteiger partial charge is 0.339 e. The minimum atomic E-state index is 0.0846. The first-order chi connectivity index (χ1) is 6.27. The first-order valence-electron chi connectivity index (χ1n) is 4.29. The van der Waals surface area contributed by atoms with Crippen LogP contribution in [0.25, 0.3) is 0 Å². The molecule has 0 saturated carbocycles. The van der Waals surface area contributed by atoms with Crippen molar-refractivity contribution in [2.75, 3.05) is 0 Å². The fraction of sp³-hybridized carbons (Fsp3) is 0.300. The summed E-state index contributed by atoms with van der Waals surface area (Å²) in [5, 5.41) is 3.36. The molecule has 68 valence electrons. The fourth-order valence-electron chi connectivity index (χ4n) is 1.53. The predicted molar refractivity (Wildman–Crippen MR) is 54.8 cm³/mol. The highest BCUT2D eigenvalue weighted by atomic mass is 32.2. The summed E-state index contributed by atoms with van der Waals surface area (Å²) >= 11 is 1.37. The van der Waals surface area contributed by atoms with Crippen LogP contribution >= 0.6 is 11.8 Å². The fourth-order valence-corrected chi connectivity index (χ4v) is 2.42. The van der Waals surface area contributed by atoms with E-state index in [-0.39, 0.29) is 11.3 Å². The van der Waals surface area contributed by atoms with E-state index in [1.54, 1.807) is 0 Å². The van der Waals surface area contributed by atoms with E-state index in [2.05, 4.69) is 12.2 Å². The zero-order valence-corrected chi connectivity index (χ0v) is 8.17. The van der Waals surface area contributed by atoms with Crippen LogP contribution in [0.2, 0.25) is 0 Å². The van der Waals surface area contributed by atoms with Crippen molar-refractivity contribution >= 4 is 17.0 Å². The molecule has 3 heteroatoms. The van der Waals surface area contributed by atoms with Crippen molar-refractivity contribution in [1.29, 1.82) is 0 Å². The summed E-state index contributed by atoms with van der Waals surface area (Å²) in [6.07, 6.45) is 0. The van der Waals surface area contributed by atoms with Crippen molar-refractivity contribution < 1.29 is 4.79 Å². The lowest BCUT2D eigenvalue weighted by Gasteiger charge is -2.13. The maximum atomic E-state index is 11.1. The Balaban J connectivity index is 2.23. The Labute approximate surface area is 81.7 Å². The second kappa shape index (κ2) is 3.42. The Morgan fingerprint density at radius 1 is 1.31 bits per heavy atom. The number of carbonyl (C=O) groups excluding carboxylic acids is 1. The third-order valence-electron chi connectivity index (χ3n) is 2.19. The summed E-state index contributed by atoms with van der Waals surface area (Å²) in [4.78, 5) is 11.1. The van der Waals surface area contributed by atoms with Crippen molar-refractivity contribution in [3.8, 4) is 0 Å². The minimum Gasteiger partial charge on any atom is -0.339 e. The van der Waals surface area contributed by atoms with Crippen LogP contribution in [0.3, 0.4) is 0 Å². The number of carbonyl (C=O) groups is 1. The Bertz CT molecular complexity index is 312. The molecule has 1 aliphatic heterocycles. The van der Waals surface area contributed by atoms with Gasteiger partial charge in [-0.1, -0.05) is 49.0 Å². The van der Waals surface area contributed by atoms with Gasteiger partial charge in [0.25, 0.3) is 5.24 Å². The van der Waals surface area contributed by atoms with Gasteiger partial charge in [0.2, 0.25) is 0 Å². The zero-order valence-electron chi connectivity index (χ0n) is 7.36. The predicted octanol–water partition coefficient (Wildman–Crippen LogP) is 2.57. The molecule has 2 atom stereocenters. The van der Waals surface area contributed by atoms with Crippen LogP contribution in [-0.2, 0) is 0 Å². The number of rotatable bonds is 1. The molecular weight excluding hydrogens is 182 g/mol. The molecule has 1 heterocycles. The lowest BCUT2D eigenvalue weighted by molar-refractivity contribution is 0.260. The molecule has 0 spiro atoms. The molecule has 2 unspecified atom stereocenters. The van der Waals surface area contributed by atoms with Crippen LogP contribution in [0.1, 0.15) is 18.5 Å². The molecule has 13 heavy (non-hydrogen) atoms. The summed E-state index contributed by atoms with van der Waals surface area (Å²) < 4.78 is 0. The molecule has 1 aromatic carbocycles. The average molecular weight is 193 g/mol. The number of nitrogens with one attached hydrogen (secondary N) is 1. The van der Waals surface area contributed by atoms with Gasteiger partial charge >= 0.3 is 0 Å². The lowest BCUT2D eigenvalue weighted by atomic mass is 10.1. The molecule has 0 aromatic heterocycles. The molecule has 1 aromatic rings. The molecule has 1 aliphatic rings. The highest BCUT2D eigenvalue weighted by molar-refractivity contribution is 8.14. The summed E-state index contributed by atoms with van der Waals surface area (Å²) in [7, 11) is 0. The third-order valence-corrected chi connectivity index (χ3v) is 3.17. The Kier molecular flexibility index (Phi) is 2.27. The number of benzene rings is 1. The number of hydrogen-bond donors (Lipinski definition) is 1. The monoisotopic (exact) mass is 193 g/mol. The van der Waals surface area contributed by atoms with Crippen molar-refractivity contribution in [2.45, 2.75) is 18.2 Å². The molecule has 1 fully saturated rings. The Morgan fingerprint density at radius 2 is 2.00 bits per heavy atom. The van der Waals surface area contributed by atoms with Crippen molar-refractivity contribution in [3.63, 3.8) is 0 Å². The number of thioether (sulfide) groups is 1. The van der Waals surface area contributed by atoms with Gasteiger partial charge in [0, 0.05) is 5.25 Å². The molecule has 1 amide bonds. The molecule has 0 aliphatic carbocycles. The van der Waals surface area contributed by atoms with E-state index in [9.17, 15) is 4.79 Å².